The third kappa shape index (κ3) is 2.81. The second-order valence-electron chi connectivity index (χ2n) is 3.13. The predicted octanol–water partition coefficient (Wildman–Crippen LogP) is 1.27. The minimum absolute atomic E-state index is 0.399. The van der Waals surface area contributed by atoms with E-state index in [1.165, 1.54) is 10.8 Å². The molecule has 0 saturated carbocycles. The van der Waals surface area contributed by atoms with Crippen molar-refractivity contribution in [2.24, 2.45) is 0 Å². The SMILES string of the molecule is CC(C)=[SiH]c1ccc(C)cc1. The highest BCUT2D eigenvalue weighted by Crippen LogP contribution is 1.91. The first kappa shape index (κ1) is 8.40. The van der Waals surface area contributed by atoms with Gasteiger partial charge >= 0.3 is 0 Å². The smallest absolute Gasteiger partial charge is 0.0279 e. The van der Waals surface area contributed by atoms with Gasteiger partial charge in [0.1, 0.15) is 0 Å². The summed E-state index contributed by atoms with van der Waals surface area (Å²) in [4.78, 5) is 0. The molecule has 0 aliphatic heterocycles. The fraction of sp³-hybridized carbons (Fsp3) is 0.300. The summed E-state index contributed by atoms with van der Waals surface area (Å²) in [5, 5.41) is 3.05. The summed E-state index contributed by atoms with van der Waals surface area (Å²) in [6.07, 6.45) is 0. The molecule has 11 heavy (non-hydrogen) atoms. The molecule has 0 aliphatic rings. The molecule has 0 unspecified atom stereocenters. The molecule has 1 heteroatoms. The first-order valence-electron chi connectivity index (χ1n) is 3.90. The van der Waals surface area contributed by atoms with Gasteiger partial charge in [-0.1, -0.05) is 35.0 Å². The molecule has 0 heterocycles. The molecular weight excluding hydrogens is 148 g/mol. The number of benzene rings is 1. The summed E-state index contributed by atoms with van der Waals surface area (Å²) < 4.78 is 0. The van der Waals surface area contributed by atoms with E-state index in [4.69, 9.17) is 0 Å². The highest BCUT2D eigenvalue weighted by atomic mass is 28.2. The van der Waals surface area contributed by atoms with Crippen molar-refractivity contribution in [1.82, 2.24) is 0 Å². The Morgan fingerprint density at radius 3 is 2.09 bits per heavy atom. The van der Waals surface area contributed by atoms with Gasteiger partial charge in [-0.2, -0.15) is 0 Å². The maximum absolute atomic E-state index is 2.23. The van der Waals surface area contributed by atoms with Crippen LogP contribution < -0.4 is 5.19 Å². The number of aryl methyl sites for hydroxylation is 1. The van der Waals surface area contributed by atoms with E-state index in [1.54, 1.807) is 5.17 Å². The summed E-state index contributed by atoms with van der Waals surface area (Å²) in [6, 6.07) is 8.84. The molecule has 0 N–H and O–H groups in total. The first-order valence-corrected chi connectivity index (χ1v) is 5.05. The minimum atomic E-state index is 0.399. The lowest BCUT2D eigenvalue weighted by Crippen LogP contribution is -2.11. The van der Waals surface area contributed by atoms with E-state index in [0.717, 1.165) is 0 Å². The van der Waals surface area contributed by atoms with Gasteiger partial charge in [-0.15, -0.1) is 0 Å². The Balaban J connectivity index is 2.91. The zero-order chi connectivity index (χ0) is 8.27. The van der Waals surface area contributed by atoms with Gasteiger partial charge in [0.15, 0.2) is 0 Å². The maximum atomic E-state index is 2.23. The van der Waals surface area contributed by atoms with Crippen molar-refractivity contribution in [3.05, 3.63) is 29.8 Å². The highest BCUT2D eigenvalue weighted by Gasteiger charge is 1.86. The van der Waals surface area contributed by atoms with E-state index < -0.39 is 0 Å². The summed E-state index contributed by atoms with van der Waals surface area (Å²) in [5.41, 5.74) is 1.35. The molecule has 0 atom stereocenters. The molecule has 0 radical (unpaired) electrons. The van der Waals surface area contributed by atoms with Gasteiger partial charge in [-0.05, 0) is 26.0 Å². The lowest BCUT2D eigenvalue weighted by atomic mass is 10.2. The Bertz CT molecular complexity index is 253. The van der Waals surface area contributed by atoms with E-state index in [0.29, 0.717) is 9.13 Å². The molecule has 0 bridgehead atoms. The van der Waals surface area contributed by atoms with Gasteiger partial charge in [-0.25, -0.2) is 0 Å². The summed E-state index contributed by atoms with van der Waals surface area (Å²) >= 11 is 0. The Morgan fingerprint density at radius 1 is 1.09 bits per heavy atom. The predicted molar refractivity (Wildman–Crippen MR) is 54.3 cm³/mol. The quantitative estimate of drug-likeness (QED) is 0.546. The van der Waals surface area contributed by atoms with Crippen LogP contribution >= 0.6 is 0 Å². The van der Waals surface area contributed by atoms with Crippen LogP contribution in [0.3, 0.4) is 0 Å². The fourth-order valence-electron chi connectivity index (χ4n) is 0.996. The van der Waals surface area contributed by atoms with Crippen molar-refractivity contribution >= 4 is 19.5 Å². The maximum Gasteiger partial charge on any atom is 0.0279 e. The van der Waals surface area contributed by atoms with E-state index in [1.807, 2.05) is 0 Å². The molecular formula is C10H14Si. The molecule has 1 aromatic rings. The zero-order valence-corrected chi connectivity index (χ0v) is 8.54. The van der Waals surface area contributed by atoms with Gasteiger partial charge in [0.2, 0.25) is 0 Å². The van der Waals surface area contributed by atoms with Crippen LogP contribution in [0.5, 0.6) is 0 Å². The molecule has 1 rings (SSSR count). The van der Waals surface area contributed by atoms with Gasteiger partial charge in [-0.3, -0.25) is 0 Å². The van der Waals surface area contributed by atoms with Gasteiger partial charge in [0.25, 0.3) is 0 Å². The molecule has 0 fully saturated rings. The fourth-order valence-corrected chi connectivity index (χ4v) is 2.05. The van der Waals surface area contributed by atoms with E-state index in [2.05, 4.69) is 45.0 Å². The van der Waals surface area contributed by atoms with Crippen LogP contribution in [0.4, 0.5) is 0 Å². The molecule has 0 saturated heterocycles. The number of hydrogen-bond donors (Lipinski definition) is 0. The second-order valence-corrected chi connectivity index (χ2v) is 5.24. The molecule has 1 aromatic carbocycles. The van der Waals surface area contributed by atoms with Crippen molar-refractivity contribution in [3.63, 3.8) is 0 Å². The largest absolute Gasteiger partial charge is 0.0939 e. The molecule has 0 aromatic heterocycles. The first-order chi connectivity index (χ1) is 5.18. The van der Waals surface area contributed by atoms with Crippen LogP contribution in [0.25, 0.3) is 0 Å². The van der Waals surface area contributed by atoms with Crippen molar-refractivity contribution in [2.75, 3.05) is 0 Å². The average molecular weight is 162 g/mol. The molecule has 0 nitrogen and oxygen atoms in total. The van der Waals surface area contributed by atoms with Gasteiger partial charge in [0, 0.05) is 9.13 Å². The van der Waals surface area contributed by atoms with Crippen molar-refractivity contribution in [1.29, 1.82) is 0 Å². The molecule has 0 aliphatic carbocycles. The van der Waals surface area contributed by atoms with Crippen LogP contribution in [-0.2, 0) is 0 Å². The number of hydrogen-bond acceptors (Lipinski definition) is 0. The lowest BCUT2D eigenvalue weighted by Gasteiger charge is -1.94. The third-order valence-corrected chi connectivity index (χ3v) is 2.83. The van der Waals surface area contributed by atoms with Crippen molar-refractivity contribution in [3.8, 4) is 0 Å². The Morgan fingerprint density at radius 2 is 1.64 bits per heavy atom. The molecule has 0 amide bonds. The van der Waals surface area contributed by atoms with Crippen LogP contribution in [0, 0.1) is 6.92 Å². The zero-order valence-electron chi connectivity index (χ0n) is 7.39. The van der Waals surface area contributed by atoms with Crippen LogP contribution in [0.2, 0.25) is 0 Å². The number of rotatable bonds is 1. The Labute approximate surface area is 70.7 Å². The molecule has 58 valence electrons. The summed E-state index contributed by atoms with van der Waals surface area (Å²) in [7, 11) is 0.399. The minimum Gasteiger partial charge on any atom is -0.0939 e. The second kappa shape index (κ2) is 3.63. The van der Waals surface area contributed by atoms with Gasteiger partial charge in [0.05, 0.1) is 0 Å². The highest BCUT2D eigenvalue weighted by molar-refractivity contribution is 6.65. The van der Waals surface area contributed by atoms with E-state index in [-0.39, 0.29) is 0 Å². The monoisotopic (exact) mass is 162 g/mol. The van der Waals surface area contributed by atoms with Gasteiger partial charge < -0.3 is 0 Å². The van der Waals surface area contributed by atoms with E-state index >= 15 is 0 Å². The Kier molecular flexibility index (Phi) is 2.77. The lowest BCUT2D eigenvalue weighted by molar-refractivity contribution is 1.49. The third-order valence-electron chi connectivity index (χ3n) is 1.53. The molecule has 0 spiro atoms. The topological polar surface area (TPSA) is 0 Å². The van der Waals surface area contributed by atoms with Crippen LogP contribution in [-0.4, -0.2) is 14.3 Å². The van der Waals surface area contributed by atoms with Crippen LogP contribution in [0.1, 0.15) is 19.4 Å². The van der Waals surface area contributed by atoms with Crippen LogP contribution in [0.15, 0.2) is 24.3 Å². The summed E-state index contributed by atoms with van der Waals surface area (Å²) in [5.74, 6) is 0. The average Bonchev–Trinajstić information content (AvgIpc) is 1.93. The summed E-state index contributed by atoms with van der Waals surface area (Å²) in [6.45, 7) is 6.53. The standard InChI is InChI=1S/C10H14Si/c1-8(2)11-10-6-4-9(3)5-7-10/h4-7,11H,1-3H3. The Hall–Kier alpha value is -0.693. The van der Waals surface area contributed by atoms with Crippen molar-refractivity contribution in [2.45, 2.75) is 20.8 Å². The normalized spacial score (nSPS) is 9.36. The van der Waals surface area contributed by atoms with E-state index in [9.17, 15) is 0 Å². The van der Waals surface area contributed by atoms with Crippen molar-refractivity contribution < 1.29 is 0 Å².